The van der Waals surface area contributed by atoms with Gasteiger partial charge in [0.25, 0.3) is 5.91 Å². The highest BCUT2D eigenvalue weighted by Gasteiger charge is 2.16. The first kappa shape index (κ1) is 18.8. The number of aromatic nitrogens is 1. The van der Waals surface area contributed by atoms with Gasteiger partial charge in [-0.1, -0.05) is 29.8 Å². The summed E-state index contributed by atoms with van der Waals surface area (Å²) in [5.41, 5.74) is 4.34. The maximum Gasteiger partial charge on any atom is 0.271 e. The average Bonchev–Trinajstić information content (AvgIpc) is 3.03. The molecule has 0 aliphatic heterocycles. The van der Waals surface area contributed by atoms with Crippen molar-refractivity contribution >= 4 is 28.8 Å². The summed E-state index contributed by atoms with van der Waals surface area (Å²) < 4.78 is 0. The molecule has 5 nitrogen and oxygen atoms in total. The lowest BCUT2D eigenvalue weighted by molar-refractivity contribution is -0.114. The summed E-state index contributed by atoms with van der Waals surface area (Å²) >= 11 is 1.48. The maximum atomic E-state index is 12.5. The van der Waals surface area contributed by atoms with E-state index in [2.05, 4.69) is 15.6 Å². The van der Waals surface area contributed by atoms with E-state index in [1.807, 2.05) is 62.4 Å². The van der Waals surface area contributed by atoms with Gasteiger partial charge in [-0.25, -0.2) is 4.98 Å². The molecule has 6 heteroatoms. The average molecular weight is 379 g/mol. The van der Waals surface area contributed by atoms with Gasteiger partial charge >= 0.3 is 0 Å². The van der Waals surface area contributed by atoms with Gasteiger partial charge in [-0.3, -0.25) is 9.59 Å². The van der Waals surface area contributed by atoms with Crippen LogP contribution in [0, 0.1) is 13.8 Å². The molecule has 0 radical (unpaired) electrons. The third kappa shape index (κ3) is 4.80. The number of nitrogens with one attached hydrogen (secondary N) is 2. The Labute approximate surface area is 162 Å². The van der Waals surface area contributed by atoms with Gasteiger partial charge in [0.1, 0.15) is 10.7 Å². The number of rotatable bonds is 5. The van der Waals surface area contributed by atoms with E-state index in [9.17, 15) is 9.59 Å². The second-order valence-corrected chi connectivity index (χ2v) is 7.55. The van der Waals surface area contributed by atoms with E-state index < -0.39 is 0 Å². The Morgan fingerprint density at radius 2 is 1.67 bits per heavy atom. The summed E-state index contributed by atoms with van der Waals surface area (Å²) in [7, 11) is 0. The smallest absolute Gasteiger partial charge is 0.271 e. The van der Waals surface area contributed by atoms with Gasteiger partial charge in [-0.2, -0.15) is 0 Å². The SMILES string of the molecule is CC(=O)Nc1ccc(-c2nc(C(=O)NCc3ccc(C)cc3)c(C)s2)cc1. The quantitative estimate of drug-likeness (QED) is 0.694. The molecule has 1 heterocycles. The van der Waals surface area contributed by atoms with Gasteiger partial charge in [0.05, 0.1) is 0 Å². The number of anilines is 1. The van der Waals surface area contributed by atoms with Crippen LogP contribution in [-0.4, -0.2) is 16.8 Å². The van der Waals surface area contributed by atoms with Crippen LogP contribution in [-0.2, 0) is 11.3 Å². The van der Waals surface area contributed by atoms with Gasteiger partial charge in [0, 0.05) is 29.6 Å². The Kier molecular flexibility index (Phi) is 5.66. The highest BCUT2D eigenvalue weighted by Crippen LogP contribution is 2.28. The predicted molar refractivity (Wildman–Crippen MR) is 109 cm³/mol. The molecule has 0 spiro atoms. The van der Waals surface area contributed by atoms with Crippen molar-refractivity contribution in [1.29, 1.82) is 0 Å². The molecule has 0 saturated carbocycles. The lowest BCUT2D eigenvalue weighted by Gasteiger charge is -2.05. The molecular weight excluding hydrogens is 358 g/mol. The summed E-state index contributed by atoms with van der Waals surface area (Å²) in [5, 5.41) is 6.44. The minimum atomic E-state index is -0.176. The van der Waals surface area contributed by atoms with Crippen molar-refractivity contribution in [2.24, 2.45) is 0 Å². The first-order valence-corrected chi connectivity index (χ1v) is 9.43. The molecule has 2 N–H and O–H groups in total. The lowest BCUT2D eigenvalue weighted by Crippen LogP contribution is -2.23. The van der Waals surface area contributed by atoms with Crippen molar-refractivity contribution in [3.8, 4) is 10.6 Å². The number of nitrogens with zero attached hydrogens (tertiary/aromatic N) is 1. The summed E-state index contributed by atoms with van der Waals surface area (Å²) in [5.74, 6) is -0.286. The Bertz CT molecular complexity index is 960. The van der Waals surface area contributed by atoms with Crippen molar-refractivity contribution in [2.45, 2.75) is 27.3 Å². The third-order valence-electron chi connectivity index (χ3n) is 4.04. The van der Waals surface area contributed by atoms with E-state index in [4.69, 9.17) is 0 Å². The van der Waals surface area contributed by atoms with Crippen LogP contribution in [0.1, 0.15) is 33.4 Å². The first-order valence-electron chi connectivity index (χ1n) is 8.61. The molecular formula is C21H21N3O2S. The second-order valence-electron chi connectivity index (χ2n) is 6.35. The minimum Gasteiger partial charge on any atom is -0.347 e. The monoisotopic (exact) mass is 379 g/mol. The van der Waals surface area contributed by atoms with Gasteiger partial charge in [0.2, 0.25) is 5.91 Å². The number of hydrogen-bond donors (Lipinski definition) is 2. The maximum absolute atomic E-state index is 12.5. The normalized spacial score (nSPS) is 10.5. The van der Waals surface area contributed by atoms with Crippen molar-refractivity contribution in [2.75, 3.05) is 5.32 Å². The number of carbonyl (C=O) groups is 2. The lowest BCUT2D eigenvalue weighted by atomic mass is 10.1. The topological polar surface area (TPSA) is 71.1 Å². The molecule has 0 aliphatic rings. The Morgan fingerprint density at radius 1 is 1.00 bits per heavy atom. The summed E-state index contributed by atoms with van der Waals surface area (Å²) in [4.78, 5) is 29.0. The van der Waals surface area contributed by atoms with Gasteiger partial charge in [-0.15, -0.1) is 11.3 Å². The number of hydrogen-bond acceptors (Lipinski definition) is 4. The number of carbonyl (C=O) groups excluding carboxylic acids is 2. The fourth-order valence-electron chi connectivity index (χ4n) is 2.60. The van der Waals surface area contributed by atoms with Gasteiger partial charge < -0.3 is 10.6 Å². The largest absolute Gasteiger partial charge is 0.347 e. The fraction of sp³-hybridized carbons (Fsp3) is 0.190. The molecule has 27 heavy (non-hydrogen) atoms. The molecule has 2 aromatic carbocycles. The Hall–Kier alpha value is -2.99. The highest BCUT2D eigenvalue weighted by atomic mass is 32.1. The van der Waals surface area contributed by atoms with E-state index in [0.717, 1.165) is 26.7 Å². The van der Waals surface area contributed by atoms with E-state index in [0.29, 0.717) is 12.2 Å². The number of aryl methyl sites for hydroxylation is 2. The van der Waals surface area contributed by atoms with Crippen molar-refractivity contribution in [3.63, 3.8) is 0 Å². The van der Waals surface area contributed by atoms with E-state index >= 15 is 0 Å². The van der Waals surface area contributed by atoms with E-state index in [-0.39, 0.29) is 11.8 Å². The third-order valence-corrected chi connectivity index (χ3v) is 5.06. The van der Waals surface area contributed by atoms with Crippen molar-refractivity contribution in [3.05, 3.63) is 70.2 Å². The van der Waals surface area contributed by atoms with Crippen LogP contribution < -0.4 is 10.6 Å². The predicted octanol–water partition coefficient (Wildman–Crippen LogP) is 4.32. The molecule has 0 bridgehead atoms. The molecule has 0 unspecified atom stereocenters. The highest BCUT2D eigenvalue weighted by molar-refractivity contribution is 7.15. The van der Waals surface area contributed by atoms with Crippen molar-refractivity contribution in [1.82, 2.24) is 10.3 Å². The molecule has 0 atom stereocenters. The zero-order chi connectivity index (χ0) is 19.4. The van der Waals surface area contributed by atoms with E-state index in [1.54, 1.807) is 0 Å². The van der Waals surface area contributed by atoms with Crippen LogP contribution >= 0.6 is 11.3 Å². The van der Waals surface area contributed by atoms with Gasteiger partial charge in [-0.05, 0) is 43.7 Å². The first-order chi connectivity index (χ1) is 12.9. The van der Waals surface area contributed by atoms with Crippen LogP contribution in [0.2, 0.25) is 0 Å². The molecule has 2 amide bonds. The second kappa shape index (κ2) is 8.14. The number of benzene rings is 2. The van der Waals surface area contributed by atoms with Gasteiger partial charge in [0.15, 0.2) is 0 Å². The Balaban J connectivity index is 1.70. The van der Waals surface area contributed by atoms with Crippen LogP contribution in [0.4, 0.5) is 5.69 Å². The number of amides is 2. The molecule has 138 valence electrons. The zero-order valence-electron chi connectivity index (χ0n) is 15.5. The fourth-order valence-corrected chi connectivity index (χ4v) is 3.52. The summed E-state index contributed by atoms with van der Waals surface area (Å²) in [6.07, 6.45) is 0. The minimum absolute atomic E-state index is 0.111. The molecule has 0 aliphatic carbocycles. The summed E-state index contributed by atoms with van der Waals surface area (Å²) in [6.45, 7) is 5.87. The van der Waals surface area contributed by atoms with E-state index in [1.165, 1.54) is 23.8 Å². The van der Waals surface area contributed by atoms with Crippen molar-refractivity contribution < 1.29 is 9.59 Å². The van der Waals surface area contributed by atoms with Crippen LogP contribution in [0.15, 0.2) is 48.5 Å². The molecule has 0 saturated heterocycles. The number of thiazole rings is 1. The standard InChI is InChI=1S/C21H21N3O2S/c1-13-4-6-16(7-5-13)12-22-20(26)19-14(2)27-21(24-19)17-8-10-18(11-9-17)23-15(3)25/h4-11H,12H2,1-3H3,(H,22,26)(H,23,25). The zero-order valence-corrected chi connectivity index (χ0v) is 16.3. The molecule has 3 rings (SSSR count). The molecule has 0 fully saturated rings. The molecule has 1 aromatic heterocycles. The van der Waals surface area contributed by atoms with Crippen LogP contribution in [0.25, 0.3) is 10.6 Å². The van der Waals surface area contributed by atoms with Crippen LogP contribution in [0.3, 0.4) is 0 Å². The van der Waals surface area contributed by atoms with Crippen LogP contribution in [0.5, 0.6) is 0 Å². The molecule has 3 aromatic rings. The Morgan fingerprint density at radius 3 is 2.30 bits per heavy atom. The summed E-state index contributed by atoms with van der Waals surface area (Å²) in [6, 6.07) is 15.5.